The van der Waals surface area contributed by atoms with Crippen LogP contribution in [0.3, 0.4) is 0 Å². The quantitative estimate of drug-likeness (QED) is 0.397. The van der Waals surface area contributed by atoms with Gasteiger partial charge in [-0.1, -0.05) is 28.1 Å². The molecule has 31 heavy (non-hydrogen) atoms. The molecule has 0 amide bonds. The molecule has 0 saturated carbocycles. The summed E-state index contributed by atoms with van der Waals surface area (Å²) in [5.41, 5.74) is -7.34. The van der Waals surface area contributed by atoms with Crippen LogP contribution in [0.2, 0.25) is 0 Å². The van der Waals surface area contributed by atoms with Crippen molar-refractivity contribution in [3.8, 4) is 0 Å². The van der Waals surface area contributed by atoms with Crippen LogP contribution in [0.15, 0.2) is 39.8 Å². The van der Waals surface area contributed by atoms with E-state index in [2.05, 4.69) is 25.9 Å². The van der Waals surface area contributed by atoms with Gasteiger partial charge in [0.05, 0.1) is 6.54 Å². The molecule has 1 aliphatic rings. The molecule has 1 aromatic carbocycles. The number of aryl methyl sites for hydroxylation is 1. The highest BCUT2D eigenvalue weighted by molar-refractivity contribution is 9.10. The molecule has 2 nitrogen and oxygen atoms in total. The van der Waals surface area contributed by atoms with Crippen LogP contribution in [-0.2, 0) is 17.8 Å². The summed E-state index contributed by atoms with van der Waals surface area (Å²) in [6.45, 7) is 0.689. The van der Waals surface area contributed by atoms with Crippen molar-refractivity contribution in [1.29, 1.82) is 0 Å². The van der Waals surface area contributed by atoms with Crippen molar-refractivity contribution < 1.29 is 39.5 Å². The van der Waals surface area contributed by atoms with Gasteiger partial charge < -0.3 is 0 Å². The predicted octanol–water partition coefficient (Wildman–Crippen LogP) is 6.88. The molecule has 1 aliphatic heterocycles. The average molecular weight is 519 g/mol. The number of hydrogen-bond acceptors (Lipinski definition) is 2. The number of pyridine rings is 1. The van der Waals surface area contributed by atoms with Crippen molar-refractivity contribution in [2.24, 2.45) is 4.99 Å². The number of benzene rings is 1. The van der Waals surface area contributed by atoms with Gasteiger partial charge in [0.15, 0.2) is 0 Å². The molecule has 1 aromatic heterocycles. The monoisotopic (exact) mass is 518 g/mol. The van der Waals surface area contributed by atoms with E-state index in [4.69, 9.17) is 0 Å². The zero-order valence-corrected chi connectivity index (χ0v) is 17.1. The van der Waals surface area contributed by atoms with E-state index in [1.807, 2.05) is 0 Å². The second kappa shape index (κ2) is 7.49. The number of halogens is 10. The molecule has 0 aliphatic carbocycles. The van der Waals surface area contributed by atoms with Crippen molar-refractivity contribution >= 4 is 21.6 Å². The molecular formula is C19H12BrF9N2. The number of alkyl halides is 9. The first kappa shape index (κ1) is 23.6. The Hall–Kier alpha value is -2.11. The highest BCUT2D eigenvalue weighted by atomic mass is 79.9. The third kappa shape index (κ3) is 4.44. The Labute approximate surface area is 178 Å². The van der Waals surface area contributed by atoms with Crippen LogP contribution in [0.4, 0.5) is 39.5 Å². The van der Waals surface area contributed by atoms with Crippen molar-refractivity contribution in [2.45, 2.75) is 37.3 Å². The number of aromatic nitrogens is 1. The van der Waals surface area contributed by atoms with E-state index in [-0.39, 0.29) is 23.4 Å². The van der Waals surface area contributed by atoms with E-state index in [1.54, 1.807) is 13.0 Å². The standard InChI is InChI=1S/C19H12BrF9N2/c1-9-2-3-10(4-12(9)20)13-7-16(8-30-13,19(27,28)29)11-5-14(17(21,22)23)31-15(6-11)18(24,25)26/h2-6H,7-8H2,1H3. The van der Waals surface area contributed by atoms with E-state index in [0.717, 1.165) is 5.56 Å². The molecule has 0 radical (unpaired) electrons. The maximum Gasteiger partial charge on any atom is 0.433 e. The molecule has 2 heterocycles. The lowest BCUT2D eigenvalue weighted by Crippen LogP contribution is -2.44. The van der Waals surface area contributed by atoms with Crippen molar-refractivity contribution in [1.82, 2.24) is 4.98 Å². The molecule has 168 valence electrons. The molecule has 0 saturated heterocycles. The molecule has 1 unspecified atom stereocenters. The van der Waals surface area contributed by atoms with Gasteiger partial charge in [-0.15, -0.1) is 0 Å². The summed E-state index contributed by atoms with van der Waals surface area (Å²) < 4.78 is 122. The Morgan fingerprint density at radius 2 is 1.42 bits per heavy atom. The van der Waals surface area contributed by atoms with Crippen LogP contribution in [0.1, 0.15) is 34.5 Å². The minimum atomic E-state index is -5.37. The number of rotatable bonds is 2. The molecule has 0 N–H and O–H groups in total. The summed E-state index contributed by atoms with van der Waals surface area (Å²) >= 11 is 3.23. The molecular weight excluding hydrogens is 507 g/mol. The highest BCUT2D eigenvalue weighted by Gasteiger charge is 2.59. The van der Waals surface area contributed by atoms with Gasteiger partial charge in [-0.3, -0.25) is 4.99 Å². The predicted molar refractivity (Wildman–Crippen MR) is 96.9 cm³/mol. The normalized spacial score (nSPS) is 20.2. The van der Waals surface area contributed by atoms with Gasteiger partial charge in [0.25, 0.3) is 0 Å². The summed E-state index contributed by atoms with van der Waals surface area (Å²) in [6.07, 6.45) is -16.8. The third-order valence-electron chi connectivity index (χ3n) is 5.02. The Kier molecular flexibility index (Phi) is 5.69. The lowest BCUT2D eigenvalue weighted by Gasteiger charge is -2.32. The van der Waals surface area contributed by atoms with E-state index < -0.39 is 53.9 Å². The summed E-state index contributed by atoms with van der Waals surface area (Å²) in [7, 11) is 0. The van der Waals surface area contributed by atoms with Crippen LogP contribution in [-0.4, -0.2) is 23.4 Å². The topological polar surface area (TPSA) is 25.2 Å². The van der Waals surface area contributed by atoms with Gasteiger partial charge in [-0.2, -0.15) is 39.5 Å². The minimum absolute atomic E-state index is 0.0201. The molecule has 12 heteroatoms. The molecule has 0 fully saturated rings. The second-order valence-electron chi connectivity index (χ2n) is 7.11. The summed E-state index contributed by atoms with van der Waals surface area (Å²) in [5.74, 6) is 0. The fourth-order valence-corrected chi connectivity index (χ4v) is 3.62. The van der Waals surface area contributed by atoms with E-state index in [0.29, 0.717) is 4.47 Å². The largest absolute Gasteiger partial charge is 0.433 e. The van der Waals surface area contributed by atoms with Gasteiger partial charge in [-0.05, 0) is 41.8 Å². The van der Waals surface area contributed by atoms with Crippen molar-refractivity contribution in [2.75, 3.05) is 6.54 Å². The Morgan fingerprint density at radius 3 is 1.87 bits per heavy atom. The van der Waals surface area contributed by atoms with Crippen LogP contribution in [0, 0.1) is 6.92 Å². The third-order valence-corrected chi connectivity index (χ3v) is 5.87. The Balaban J connectivity index is 2.16. The maximum atomic E-state index is 14.1. The van der Waals surface area contributed by atoms with Gasteiger partial charge in [0.1, 0.15) is 16.8 Å². The molecule has 3 rings (SSSR count). The zero-order valence-electron chi connectivity index (χ0n) is 15.5. The van der Waals surface area contributed by atoms with Gasteiger partial charge >= 0.3 is 18.5 Å². The molecule has 2 aromatic rings. The van der Waals surface area contributed by atoms with E-state index >= 15 is 0 Å². The van der Waals surface area contributed by atoms with Gasteiger partial charge in [0, 0.05) is 16.6 Å². The van der Waals surface area contributed by atoms with Crippen molar-refractivity contribution in [3.63, 3.8) is 0 Å². The van der Waals surface area contributed by atoms with E-state index in [1.165, 1.54) is 12.1 Å². The highest BCUT2D eigenvalue weighted by Crippen LogP contribution is 2.49. The summed E-state index contributed by atoms with van der Waals surface area (Å²) in [6, 6.07) is 4.62. The molecule has 0 spiro atoms. The number of aliphatic imine (C=N–C) groups is 1. The minimum Gasteiger partial charge on any atom is -0.288 e. The maximum absolute atomic E-state index is 14.1. The molecule has 0 bridgehead atoms. The Morgan fingerprint density at radius 1 is 0.871 bits per heavy atom. The van der Waals surface area contributed by atoms with Crippen LogP contribution in [0.25, 0.3) is 0 Å². The first-order valence-corrected chi connectivity index (χ1v) is 9.37. The first-order chi connectivity index (χ1) is 14.0. The smallest absolute Gasteiger partial charge is 0.288 e. The van der Waals surface area contributed by atoms with E-state index in [9.17, 15) is 39.5 Å². The fourth-order valence-electron chi connectivity index (χ4n) is 3.24. The van der Waals surface area contributed by atoms with Gasteiger partial charge in [0.2, 0.25) is 0 Å². The number of nitrogens with zero attached hydrogens (tertiary/aromatic N) is 2. The second-order valence-corrected chi connectivity index (χ2v) is 7.96. The average Bonchev–Trinajstić information content (AvgIpc) is 3.09. The van der Waals surface area contributed by atoms with Crippen LogP contribution in [0.5, 0.6) is 0 Å². The lowest BCUT2D eigenvalue weighted by atomic mass is 9.76. The van der Waals surface area contributed by atoms with Crippen LogP contribution < -0.4 is 0 Å². The van der Waals surface area contributed by atoms with Crippen molar-refractivity contribution in [3.05, 3.63) is 62.9 Å². The van der Waals surface area contributed by atoms with Gasteiger partial charge in [-0.25, -0.2) is 4.98 Å². The summed E-state index contributed by atoms with van der Waals surface area (Å²) in [4.78, 5) is 6.35. The fraction of sp³-hybridized carbons (Fsp3) is 0.368. The lowest BCUT2D eigenvalue weighted by molar-refractivity contribution is -0.185. The number of hydrogen-bond donors (Lipinski definition) is 0. The SMILES string of the molecule is Cc1ccc(C2=NCC(c3cc(C(F)(F)F)nc(C(F)(F)F)c3)(C(F)(F)F)C2)cc1Br. The summed E-state index contributed by atoms with van der Waals surface area (Å²) in [5, 5.41) is 0. The zero-order chi connectivity index (χ0) is 23.4. The van der Waals surface area contributed by atoms with Crippen LogP contribution >= 0.6 is 15.9 Å². The Bertz CT molecular complexity index is 1010. The molecule has 1 atom stereocenters. The first-order valence-electron chi connectivity index (χ1n) is 8.58.